The third kappa shape index (κ3) is 4.65. The van der Waals surface area contributed by atoms with Gasteiger partial charge in [-0.1, -0.05) is 12.8 Å². The Hall–Kier alpha value is -0.160. The zero-order valence-corrected chi connectivity index (χ0v) is 13.4. The van der Waals surface area contributed by atoms with Gasteiger partial charge < -0.3 is 20.1 Å². The molecule has 3 fully saturated rings. The normalized spacial score (nSPS) is 27.3. The number of ether oxygens (including phenoxy) is 1. The van der Waals surface area contributed by atoms with Crippen LogP contribution in [0.5, 0.6) is 0 Å². The molecule has 122 valence electrons. The summed E-state index contributed by atoms with van der Waals surface area (Å²) in [6.45, 7) is 5.50. The van der Waals surface area contributed by atoms with E-state index in [9.17, 15) is 0 Å². The summed E-state index contributed by atoms with van der Waals surface area (Å²) < 4.78 is 5.67. The van der Waals surface area contributed by atoms with Gasteiger partial charge in [-0.05, 0) is 43.9 Å². The molecule has 3 aliphatic rings. The van der Waals surface area contributed by atoms with Crippen molar-refractivity contribution in [1.29, 1.82) is 0 Å². The van der Waals surface area contributed by atoms with E-state index in [1.54, 1.807) is 0 Å². The van der Waals surface area contributed by atoms with E-state index >= 15 is 0 Å². The molecular weight excluding hydrogens is 264 g/mol. The minimum Gasteiger partial charge on any atom is -0.394 e. The van der Waals surface area contributed by atoms with Gasteiger partial charge in [-0.3, -0.25) is 0 Å². The second-order valence-electron chi connectivity index (χ2n) is 7.43. The van der Waals surface area contributed by atoms with Gasteiger partial charge in [-0.15, -0.1) is 0 Å². The Morgan fingerprint density at radius 1 is 1.10 bits per heavy atom. The van der Waals surface area contributed by atoms with Crippen LogP contribution in [0.15, 0.2) is 0 Å². The van der Waals surface area contributed by atoms with Crippen LogP contribution in [0.25, 0.3) is 0 Å². The topological polar surface area (TPSA) is 44.7 Å². The molecule has 1 saturated heterocycles. The van der Waals surface area contributed by atoms with Crippen LogP contribution in [0.4, 0.5) is 0 Å². The molecule has 2 aliphatic carbocycles. The van der Waals surface area contributed by atoms with E-state index in [0.29, 0.717) is 18.1 Å². The number of nitrogens with zero attached hydrogens (tertiary/aromatic N) is 1. The van der Waals surface area contributed by atoms with E-state index in [4.69, 9.17) is 9.84 Å². The predicted octanol–water partition coefficient (Wildman–Crippen LogP) is 1.77. The fraction of sp³-hybridized carbons (Fsp3) is 1.00. The highest BCUT2D eigenvalue weighted by Gasteiger charge is 2.37. The fourth-order valence-corrected chi connectivity index (χ4v) is 4.09. The Morgan fingerprint density at radius 2 is 1.81 bits per heavy atom. The summed E-state index contributed by atoms with van der Waals surface area (Å²) in [4.78, 5) is 2.67. The minimum atomic E-state index is 0.149. The van der Waals surface area contributed by atoms with Crippen molar-refractivity contribution in [1.82, 2.24) is 10.2 Å². The molecule has 2 saturated carbocycles. The predicted molar refractivity (Wildman–Crippen MR) is 84.4 cm³/mol. The van der Waals surface area contributed by atoms with Gasteiger partial charge in [0.1, 0.15) is 0 Å². The van der Waals surface area contributed by atoms with Gasteiger partial charge in [0.25, 0.3) is 0 Å². The molecule has 4 heteroatoms. The highest BCUT2D eigenvalue weighted by Crippen LogP contribution is 2.39. The first-order valence-electron chi connectivity index (χ1n) is 8.98. The number of likely N-dealkylation sites (tertiary alicyclic amines) is 1. The van der Waals surface area contributed by atoms with Crippen LogP contribution in [-0.4, -0.2) is 61.5 Å². The molecule has 1 aliphatic heterocycles. The summed E-state index contributed by atoms with van der Waals surface area (Å²) in [6.07, 6.45) is 11.1. The summed E-state index contributed by atoms with van der Waals surface area (Å²) in [5.74, 6) is 0. The Morgan fingerprint density at radius 3 is 2.43 bits per heavy atom. The lowest BCUT2D eigenvalue weighted by atomic mass is 9.84. The first-order valence-corrected chi connectivity index (χ1v) is 8.98. The van der Waals surface area contributed by atoms with Gasteiger partial charge in [0.15, 0.2) is 0 Å². The van der Waals surface area contributed by atoms with Gasteiger partial charge in [0.05, 0.1) is 19.3 Å². The maximum Gasteiger partial charge on any atom is 0.0701 e. The monoisotopic (exact) mass is 296 g/mol. The molecule has 2 N–H and O–H groups in total. The molecule has 0 aromatic carbocycles. The lowest BCUT2D eigenvalue weighted by molar-refractivity contribution is -0.0146. The molecule has 4 nitrogen and oxygen atoms in total. The minimum absolute atomic E-state index is 0.149. The third-order valence-corrected chi connectivity index (χ3v) is 5.55. The largest absolute Gasteiger partial charge is 0.394 e. The van der Waals surface area contributed by atoms with E-state index in [0.717, 1.165) is 18.9 Å². The summed E-state index contributed by atoms with van der Waals surface area (Å²) >= 11 is 0. The van der Waals surface area contributed by atoms with Crippen molar-refractivity contribution in [2.45, 2.75) is 63.5 Å². The fourth-order valence-electron chi connectivity index (χ4n) is 4.09. The number of nitrogens with one attached hydrogen (secondary N) is 1. The lowest BCUT2D eigenvalue weighted by Gasteiger charge is -2.39. The molecule has 0 radical (unpaired) electrons. The van der Waals surface area contributed by atoms with Crippen LogP contribution in [0.1, 0.15) is 51.4 Å². The van der Waals surface area contributed by atoms with Crippen molar-refractivity contribution in [2.24, 2.45) is 5.41 Å². The Balaban J connectivity index is 1.43. The number of hydrogen-bond acceptors (Lipinski definition) is 4. The second kappa shape index (κ2) is 7.40. The van der Waals surface area contributed by atoms with Gasteiger partial charge in [-0.2, -0.15) is 0 Å². The van der Waals surface area contributed by atoms with Gasteiger partial charge >= 0.3 is 0 Å². The number of hydrogen-bond donors (Lipinski definition) is 2. The van der Waals surface area contributed by atoms with E-state index in [2.05, 4.69) is 10.2 Å². The number of rotatable bonds is 8. The van der Waals surface area contributed by atoms with Crippen molar-refractivity contribution >= 4 is 0 Å². The van der Waals surface area contributed by atoms with Crippen LogP contribution < -0.4 is 5.32 Å². The van der Waals surface area contributed by atoms with Crippen molar-refractivity contribution in [3.63, 3.8) is 0 Å². The molecular formula is C17H32N2O2. The molecule has 0 aromatic rings. The summed E-state index contributed by atoms with van der Waals surface area (Å²) in [5.41, 5.74) is 0.543. The zero-order valence-electron chi connectivity index (χ0n) is 13.4. The number of aliphatic hydroxyl groups is 1. The first-order chi connectivity index (χ1) is 10.3. The molecule has 0 spiro atoms. The SMILES string of the molecule is OCCOC1CCN(CC2(CNC3CC3)CCCC2)CC1. The average molecular weight is 296 g/mol. The standard InChI is InChI=1S/C17H32N2O2/c20-11-12-21-16-5-9-19(10-6-16)14-17(7-1-2-8-17)13-18-15-3-4-15/h15-16,18,20H,1-14H2. The van der Waals surface area contributed by atoms with E-state index in [-0.39, 0.29) is 6.61 Å². The molecule has 0 unspecified atom stereocenters. The molecule has 0 bridgehead atoms. The van der Waals surface area contributed by atoms with Crippen molar-refractivity contribution in [3.8, 4) is 0 Å². The molecule has 1 heterocycles. The van der Waals surface area contributed by atoms with Gasteiger partial charge in [0, 0.05) is 32.2 Å². The van der Waals surface area contributed by atoms with Crippen molar-refractivity contribution < 1.29 is 9.84 Å². The van der Waals surface area contributed by atoms with Crippen LogP contribution in [0, 0.1) is 5.41 Å². The maximum absolute atomic E-state index is 8.84. The molecule has 3 rings (SSSR count). The highest BCUT2D eigenvalue weighted by atomic mass is 16.5. The average Bonchev–Trinajstić information content (AvgIpc) is 3.24. The van der Waals surface area contributed by atoms with E-state index in [1.165, 1.54) is 64.7 Å². The van der Waals surface area contributed by atoms with Gasteiger partial charge in [-0.25, -0.2) is 0 Å². The first kappa shape index (κ1) is 15.7. The molecule has 21 heavy (non-hydrogen) atoms. The Labute approximate surface area is 129 Å². The number of piperidine rings is 1. The van der Waals surface area contributed by atoms with Crippen LogP contribution >= 0.6 is 0 Å². The highest BCUT2D eigenvalue weighted by molar-refractivity contribution is 4.93. The van der Waals surface area contributed by atoms with Crippen molar-refractivity contribution in [3.05, 3.63) is 0 Å². The summed E-state index contributed by atoms with van der Waals surface area (Å²) in [5, 5.41) is 12.6. The summed E-state index contributed by atoms with van der Waals surface area (Å²) in [6, 6.07) is 0.833. The molecule has 0 amide bonds. The van der Waals surface area contributed by atoms with E-state index in [1.807, 2.05) is 0 Å². The van der Waals surface area contributed by atoms with Gasteiger partial charge in [0.2, 0.25) is 0 Å². The maximum atomic E-state index is 8.84. The smallest absolute Gasteiger partial charge is 0.0701 e. The second-order valence-corrected chi connectivity index (χ2v) is 7.43. The van der Waals surface area contributed by atoms with Crippen molar-refractivity contribution in [2.75, 3.05) is 39.4 Å². The number of aliphatic hydroxyl groups excluding tert-OH is 1. The Bertz CT molecular complexity index is 306. The van der Waals surface area contributed by atoms with Crippen LogP contribution in [0.3, 0.4) is 0 Å². The zero-order chi connectivity index (χ0) is 14.5. The molecule has 0 atom stereocenters. The lowest BCUT2D eigenvalue weighted by Crippen LogP contribution is -2.46. The van der Waals surface area contributed by atoms with Crippen LogP contribution in [0.2, 0.25) is 0 Å². The Kier molecular flexibility index (Phi) is 5.54. The quantitative estimate of drug-likeness (QED) is 0.716. The van der Waals surface area contributed by atoms with E-state index < -0.39 is 0 Å². The van der Waals surface area contributed by atoms with Crippen LogP contribution in [-0.2, 0) is 4.74 Å². The molecule has 0 aromatic heterocycles. The summed E-state index contributed by atoms with van der Waals surface area (Å²) in [7, 11) is 0. The third-order valence-electron chi connectivity index (χ3n) is 5.55.